The minimum atomic E-state index is 0.317. The quantitative estimate of drug-likeness (QED) is 0.461. The van der Waals surface area contributed by atoms with Gasteiger partial charge >= 0.3 is 0 Å². The predicted octanol–water partition coefficient (Wildman–Crippen LogP) is 2.56. The molecule has 1 atom stereocenters. The molecule has 0 saturated carbocycles. The highest BCUT2D eigenvalue weighted by molar-refractivity contribution is 5.56. The fraction of sp³-hybridized carbons (Fsp3) is 0.318. The van der Waals surface area contributed by atoms with Gasteiger partial charge in [0.05, 0.1) is 18.1 Å². The zero-order chi connectivity index (χ0) is 20.6. The Labute approximate surface area is 179 Å². The van der Waals surface area contributed by atoms with Crippen molar-refractivity contribution in [2.24, 2.45) is 0 Å². The highest BCUT2D eigenvalue weighted by atomic mass is 15.3. The number of fused-ring (bicyclic) bond motifs is 1. The van der Waals surface area contributed by atoms with E-state index in [0.29, 0.717) is 17.9 Å². The Morgan fingerprint density at radius 3 is 2.71 bits per heavy atom. The van der Waals surface area contributed by atoms with Gasteiger partial charge in [-0.25, -0.2) is 15.0 Å². The van der Waals surface area contributed by atoms with Gasteiger partial charge in [-0.3, -0.25) is 0 Å². The molecule has 1 aromatic carbocycles. The smallest absolute Gasteiger partial charge is 0.223 e. The number of hydrogen-bond donors (Lipinski definition) is 3. The van der Waals surface area contributed by atoms with E-state index in [2.05, 4.69) is 64.8 Å². The van der Waals surface area contributed by atoms with Gasteiger partial charge in [0.25, 0.3) is 0 Å². The Kier molecular flexibility index (Phi) is 4.37. The summed E-state index contributed by atoms with van der Waals surface area (Å²) in [6.45, 7) is 1.85. The van der Waals surface area contributed by atoms with E-state index in [1.807, 2.05) is 18.5 Å². The predicted molar refractivity (Wildman–Crippen MR) is 117 cm³/mol. The van der Waals surface area contributed by atoms with Crippen molar-refractivity contribution in [3.05, 3.63) is 65.7 Å². The van der Waals surface area contributed by atoms with Crippen LogP contribution in [0.1, 0.15) is 29.2 Å². The van der Waals surface area contributed by atoms with Gasteiger partial charge in [0, 0.05) is 31.2 Å². The van der Waals surface area contributed by atoms with E-state index in [9.17, 15) is 0 Å². The first-order chi connectivity index (χ1) is 15.3. The molecule has 3 aromatic heterocycles. The Morgan fingerprint density at radius 1 is 1.03 bits per heavy atom. The molecule has 4 aromatic rings. The molecule has 31 heavy (non-hydrogen) atoms. The van der Waals surface area contributed by atoms with Gasteiger partial charge in [-0.15, -0.1) is 0 Å². The van der Waals surface area contributed by atoms with E-state index in [-0.39, 0.29) is 0 Å². The summed E-state index contributed by atoms with van der Waals surface area (Å²) in [4.78, 5) is 19.4. The van der Waals surface area contributed by atoms with Gasteiger partial charge in [-0.05, 0) is 36.5 Å². The van der Waals surface area contributed by atoms with Gasteiger partial charge in [-0.2, -0.15) is 15.4 Å². The molecule has 1 saturated heterocycles. The number of nitrogens with zero attached hydrogens (tertiary/aromatic N) is 6. The molecule has 1 aliphatic heterocycles. The van der Waals surface area contributed by atoms with Crippen LogP contribution in [0.25, 0.3) is 11.5 Å². The number of aromatic nitrogens is 7. The summed E-state index contributed by atoms with van der Waals surface area (Å²) in [5.41, 5.74) is 4.61. The second-order valence-corrected chi connectivity index (χ2v) is 8.23. The Balaban J connectivity index is 1.15. The molecule has 3 N–H and O–H groups in total. The van der Waals surface area contributed by atoms with Crippen LogP contribution >= 0.6 is 0 Å². The van der Waals surface area contributed by atoms with Crippen LogP contribution in [-0.2, 0) is 12.8 Å². The summed E-state index contributed by atoms with van der Waals surface area (Å²) < 4.78 is 0. The van der Waals surface area contributed by atoms with Gasteiger partial charge < -0.3 is 15.2 Å². The van der Waals surface area contributed by atoms with Crippen LogP contribution in [0, 0.1) is 0 Å². The van der Waals surface area contributed by atoms with E-state index < -0.39 is 0 Å². The molecule has 0 spiro atoms. The number of H-pyrrole nitrogens is 2. The summed E-state index contributed by atoms with van der Waals surface area (Å²) in [6, 6.07) is 10.8. The molecular weight excluding hydrogens is 390 g/mol. The largest absolute Gasteiger partial charge is 0.356 e. The maximum Gasteiger partial charge on any atom is 0.223 e. The van der Waals surface area contributed by atoms with Crippen molar-refractivity contribution in [1.29, 1.82) is 0 Å². The summed E-state index contributed by atoms with van der Waals surface area (Å²) in [5, 5.41) is 14.4. The highest BCUT2D eigenvalue weighted by Crippen LogP contribution is 2.29. The molecular formula is C22H23N9. The Bertz CT molecular complexity index is 1160. The molecule has 6 rings (SSSR count). The zero-order valence-electron chi connectivity index (χ0n) is 17.0. The minimum absolute atomic E-state index is 0.317. The van der Waals surface area contributed by atoms with Crippen molar-refractivity contribution < 1.29 is 0 Å². The number of rotatable bonds is 5. The van der Waals surface area contributed by atoms with E-state index in [4.69, 9.17) is 4.98 Å². The molecule has 9 heteroatoms. The molecule has 2 aliphatic rings. The van der Waals surface area contributed by atoms with Gasteiger partial charge in [0.2, 0.25) is 5.95 Å². The second-order valence-electron chi connectivity index (χ2n) is 8.23. The molecule has 9 nitrogen and oxygen atoms in total. The van der Waals surface area contributed by atoms with Crippen LogP contribution in [0.15, 0.2) is 48.9 Å². The second kappa shape index (κ2) is 7.50. The number of aromatic amines is 2. The van der Waals surface area contributed by atoms with Crippen molar-refractivity contribution in [2.75, 3.05) is 23.3 Å². The maximum absolute atomic E-state index is 4.71. The van der Waals surface area contributed by atoms with E-state index in [1.54, 1.807) is 6.20 Å². The third-order valence-electron chi connectivity index (χ3n) is 6.23. The lowest BCUT2D eigenvalue weighted by atomic mass is 10.1. The summed E-state index contributed by atoms with van der Waals surface area (Å²) in [7, 11) is 0. The average Bonchev–Trinajstić information content (AvgIpc) is 3.59. The lowest BCUT2D eigenvalue weighted by Gasteiger charge is -2.15. The normalized spacial score (nSPS) is 18.5. The van der Waals surface area contributed by atoms with E-state index >= 15 is 0 Å². The third kappa shape index (κ3) is 3.52. The molecule has 1 aliphatic carbocycles. The number of imidazole rings is 1. The molecule has 4 heterocycles. The summed E-state index contributed by atoms with van der Waals surface area (Å²) in [6.07, 6.45) is 8.51. The van der Waals surface area contributed by atoms with Crippen LogP contribution in [-0.4, -0.2) is 54.5 Å². The minimum Gasteiger partial charge on any atom is -0.356 e. The van der Waals surface area contributed by atoms with Crippen LogP contribution in [0.3, 0.4) is 0 Å². The average molecular weight is 413 g/mol. The Morgan fingerprint density at radius 2 is 1.90 bits per heavy atom. The highest BCUT2D eigenvalue weighted by Gasteiger charge is 2.27. The number of hydrogen-bond acceptors (Lipinski definition) is 7. The van der Waals surface area contributed by atoms with Crippen molar-refractivity contribution in [2.45, 2.75) is 31.2 Å². The molecule has 0 bridgehead atoms. The van der Waals surface area contributed by atoms with E-state index in [1.165, 1.54) is 11.1 Å². The third-order valence-corrected chi connectivity index (χ3v) is 6.23. The lowest BCUT2D eigenvalue weighted by molar-refractivity contribution is 0.736. The standard InChI is InChI=1S/C22H23N9/c1-2-4-15-10-17(9-14(15)3-1)26-22-23-7-5-18(27-22)21-24-12-20(28-21)31-8-6-16(13-31)19-11-25-30-29-19/h1-5,7,11-12,16-17H,6,8-10,13H2,(H,24,28)(H,23,26,27)(H,25,29,30). The fourth-order valence-electron chi connectivity index (χ4n) is 4.63. The molecule has 1 unspecified atom stereocenters. The van der Waals surface area contributed by atoms with Crippen molar-refractivity contribution >= 4 is 11.8 Å². The molecule has 0 radical (unpaired) electrons. The van der Waals surface area contributed by atoms with E-state index in [0.717, 1.165) is 55.4 Å². The Hall–Kier alpha value is -3.75. The summed E-state index contributed by atoms with van der Waals surface area (Å²) >= 11 is 0. The van der Waals surface area contributed by atoms with Crippen LogP contribution in [0.2, 0.25) is 0 Å². The van der Waals surface area contributed by atoms with Gasteiger partial charge in [0.1, 0.15) is 11.5 Å². The van der Waals surface area contributed by atoms with Gasteiger partial charge in [-0.1, -0.05) is 24.3 Å². The fourth-order valence-corrected chi connectivity index (χ4v) is 4.63. The van der Waals surface area contributed by atoms with Crippen molar-refractivity contribution in [3.8, 4) is 11.5 Å². The monoisotopic (exact) mass is 413 g/mol. The maximum atomic E-state index is 4.71. The first kappa shape index (κ1) is 18.1. The van der Waals surface area contributed by atoms with Crippen LogP contribution in [0.5, 0.6) is 0 Å². The van der Waals surface area contributed by atoms with Crippen molar-refractivity contribution in [1.82, 2.24) is 35.3 Å². The number of benzene rings is 1. The molecule has 1 fully saturated rings. The lowest BCUT2D eigenvalue weighted by Crippen LogP contribution is -2.21. The molecule has 156 valence electrons. The zero-order valence-corrected chi connectivity index (χ0v) is 17.0. The van der Waals surface area contributed by atoms with Crippen LogP contribution < -0.4 is 10.2 Å². The first-order valence-electron chi connectivity index (χ1n) is 10.6. The first-order valence-corrected chi connectivity index (χ1v) is 10.6. The topological polar surface area (TPSA) is 111 Å². The number of anilines is 2. The summed E-state index contributed by atoms with van der Waals surface area (Å²) in [5.74, 6) is 2.77. The SMILES string of the molecule is c1ccc2c(c1)CC(Nc1nccc(-c3ncc(N4CCC(c5cn[nH]n5)C4)[nH]3)n1)C2. The van der Waals surface area contributed by atoms with Crippen LogP contribution in [0.4, 0.5) is 11.8 Å². The van der Waals surface area contributed by atoms with Crippen molar-refractivity contribution in [3.63, 3.8) is 0 Å². The van der Waals surface area contributed by atoms with Gasteiger partial charge in [0.15, 0.2) is 5.82 Å². The number of nitrogens with one attached hydrogen (secondary N) is 3. The molecule has 0 amide bonds.